The molecule has 0 bridgehead atoms. The lowest BCUT2D eigenvalue weighted by Gasteiger charge is -2.21. The third-order valence-electron chi connectivity index (χ3n) is 3.44. The second kappa shape index (κ2) is 9.79. The number of aliphatic carboxylic acids is 1. The van der Waals surface area contributed by atoms with Gasteiger partial charge in [0.1, 0.15) is 12.1 Å². The molecular formula is C14H23N5O7. The Morgan fingerprint density at radius 1 is 1.31 bits per heavy atom. The molecule has 4 atom stereocenters. The fourth-order valence-corrected chi connectivity index (χ4v) is 2.05. The van der Waals surface area contributed by atoms with Gasteiger partial charge >= 0.3 is 12.0 Å². The number of nitrogens with two attached hydrogens (primary N) is 1. The third-order valence-corrected chi connectivity index (χ3v) is 3.44. The predicted octanol–water partition coefficient (Wildman–Crippen LogP) is -1.39. The van der Waals surface area contributed by atoms with Crippen molar-refractivity contribution in [1.29, 1.82) is 0 Å². The monoisotopic (exact) mass is 373 g/mol. The highest BCUT2D eigenvalue weighted by Crippen LogP contribution is 2.18. The van der Waals surface area contributed by atoms with Crippen LogP contribution in [-0.4, -0.2) is 62.0 Å². The van der Waals surface area contributed by atoms with E-state index in [1.807, 2.05) is 0 Å². The molecular weight excluding hydrogens is 350 g/mol. The highest BCUT2D eigenvalue weighted by Gasteiger charge is 2.27. The van der Waals surface area contributed by atoms with E-state index in [1.54, 1.807) is 0 Å². The Bertz CT molecular complexity index is 633. The molecule has 2 amide bonds. The first kappa shape index (κ1) is 21.5. The topological polar surface area (TPSA) is 201 Å². The zero-order chi connectivity index (χ0) is 19.9. The first-order valence-electron chi connectivity index (χ1n) is 7.83. The van der Waals surface area contributed by atoms with Gasteiger partial charge in [0.05, 0.1) is 18.8 Å². The van der Waals surface area contributed by atoms with Crippen LogP contribution in [0.15, 0.2) is 4.52 Å². The highest BCUT2D eigenvalue weighted by molar-refractivity contribution is 5.87. The maximum atomic E-state index is 12.1. The van der Waals surface area contributed by atoms with Crippen molar-refractivity contribution in [2.24, 2.45) is 5.73 Å². The number of hydrogen-bond donors (Lipinski definition) is 6. The van der Waals surface area contributed by atoms with Gasteiger partial charge in [0.15, 0.2) is 11.6 Å². The van der Waals surface area contributed by atoms with Crippen LogP contribution in [0.5, 0.6) is 0 Å². The van der Waals surface area contributed by atoms with Crippen LogP contribution in [0.2, 0.25) is 0 Å². The molecule has 0 radical (unpaired) electrons. The summed E-state index contributed by atoms with van der Waals surface area (Å²) in [5, 5.41) is 35.7. The summed E-state index contributed by atoms with van der Waals surface area (Å²) in [6.07, 6.45) is -1.49. The number of urea groups is 1. The number of nitrogens with one attached hydrogen (secondary N) is 2. The van der Waals surface area contributed by atoms with E-state index >= 15 is 0 Å². The van der Waals surface area contributed by atoms with E-state index in [0.29, 0.717) is 0 Å². The highest BCUT2D eigenvalue weighted by atomic mass is 16.5. The van der Waals surface area contributed by atoms with Gasteiger partial charge < -0.3 is 36.2 Å². The molecule has 146 valence electrons. The number of rotatable bonds is 10. The smallest absolute Gasteiger partial charge is 0.316 e. The van der Waals surface area contributed by atoms with Crippen LogP contribution >= 0.6 is 0 Å². The molecule has 1 rings (SSSR count). The number of carbonyl (C=O) groups is 3. The van der Waals surface area contributed by atoms with Crippen molar-refractivity contribution in [2.45, 2.75) is 50.9 Å². The fraction of sp³-hybridized carbons (Fsp3) is 0.643. The lowest BCUT2D eigenvalue weighted by molar-refractivity contribution is -0.137. The van der Waals surface area contributed by atoms with E-state index in [9.17, 15) is 19.5 Å². The molecule has 0 aliphatic carbocycles. The molecule has 1 heterocycles. The van der Waals surface area contributed by atoms with Crippen LogP contribution in [0.3, 0.4) is 0 Å². The second-order valence-electron chi connectivity index (χ2n) is 5.71. The molecule has 0 aromatic carbocycles. The van der Waals surface area contributed by atoms with E-state index in [2.05, 4.69) is 20.8 Å². The lowest BCUT2D eigenvalue weighted by Crippen LogP contribution is -2.51. The van der Waals surface area contributed by atoms with Gasteiger partial charge in [-0.15, -0.1) is 0 Å². The first-order chi connectivity index (χ1) is 12.1. The Labute approximate surface area is 148 Å². The molecule has 0 aliphatic rings. The number of aromatic nitrogens is 2. The Hall–Kier alpha value is -2.57. The molecule has 0 aliphatic heterocycles. The number of aliphatic hydroxyl groups excluding tert-OH is 2. The van der Waals surface area contributed by atoms with Crippen LogP contribution in [0, 0.1) is 0 Å². The van der Waals surface area contributed by atoms with E-state index in [0.717, 1.165) is 0 Å². The van der Waals surface area contributed by atoms with E-state index in [4.69, 9.17) is 20.5 Å². The quantitative estimate of drug-likeness (QED) is 0.283. The average Bonchev–Trinajstić information content (AvgIpc) is 3.04. The van der Waals surface area contributed by atoms with Crippen molar-refractivity contribution < 1.29 is 34.2 Å². The molecule has 7 N–H and O–H groups in total. The molecule has 1 unspecified atom stereocenters. The number of nitrogens with zero attached hydrogens (tertiary/aromatic N) is 2. The maximum Gasteiger partial charge on any atom is 0.316 e. The van der Waals surface area contributed by atoms with Crippen molar-refractivity contribution in [1.82, 2.24) is 20.8 Å². The molecule has 12 nitrogen and oxygen atoms in total. The van der Waals surface area contributed by atoms with Crippen LogP contribution in [0.1, 0.15) is 50.5 Å². The minimum atomic E-state index is -1.13. The zero-order valence-electron chi connectivity index (χ0n) is 14.4. The summed E-state index contributed by atoms with van der Waals surface area (Å²) in [5.41, 5.74) is 5.57. The number of Topliss-reactive ketones (excluding diaryl/α,β-unsaturated/α-hetero) is 1. The summed E-state index contributed by atoms with van der Waals surface area (Å²) in [7, 11) is 0. The standard InChI is InChI=1S/C14H23N5O7/c1-6(21)11(7(2)22)17-14(25)16-9(3-4-10(23)24)13-18-12(19-26-13)8(15)5-20/h6,8-9,11,20-21H,3-5,15H2,1-2H3,(H,23,24)(H2,16,17,25)/t6?,8-,9-,11-/m0/s1. The Morgan fingerprint density at radius 3 is 2.46 bits per heavy atom. The number of carbonyl (C=O) groups excluding carboxylic acids is 2. The third kappa shape index (κ3) is 6.38. The van der Waals surface area contributed by atoms with Gasteiger partial charge in [-0.2, -0.15) is 4.98 Å². The fourth-order valence-electron chi connectivity index (χ4n) is 2.05. The molecule has 0 saturated heterocycles. The Balaban J connectivity index is 2.89. The molecule has 0 saturated carbocycles. The van der Waals surface area contributed by atoms with E-state index < -0.39 is 48.6 Å². The summed E-state index contributed by atoms with van der Waals surface area (Å²) >= 11 is 0. The van der Waals surface area contributed by atoms with Crippen molar-refractivity contribution in [3.05, 3.63) is 11.7 Å². The Morgan fingerprint density at radius 2 is 1.96 bits per heavy atom. The molecule has 1 aromatic rings. The maximum absolute atomic E-state index is 12.1. The van der Waals surface area contributed by atoms with Crippen LogP contribution in [0.25, 0.3) is 0 Å². The van der Waals surface area contributed by atoms with Gasteiger partial charge in [-0.3, -0.25) is 9.59 Å². The van der Waals surface area contributed by atoms with Crippen molar-refractivity contribution >= 4 is 17.8 Å². The van der Waals surface area contributed by atoms with Crippen LogP contribution in [-0.2, 0) is 9.59 Å². The SMILES string of the molecule is CC(=O)[C@@H](NC(=O)N[C@@H](CCC(=O)O)c1nc([C@@H](N)CO)no1)C(C)O. The molecule has 1 aromatic heterocycles. The minimum absolute atomic E-state index is 0.00405. The van der Waals surface area contributed by atoms with Gasteiger partial charge in [-0.05, 0) is 20.3 Å². The molecule has 0 fully saturated rings. The second-order valence-corrected chi connectivity index (χ2v) is 5.71. The number of hydrogen-bond acceptors (Lipinski definition) is 9. The van der Waals surface area contributed by atoms with Gasteiger partial charge in [0.25, 0.3) is 0 Å². The normalized spacial score (nSPS) is 15.6. The first-order valence-corrected chi connectivity index (χ1v) is 7.83. The van der Waals surface area contributed by atoms with Gasteiger partial charge in [-0.25, -0.2) is 4.79 Å². The summed E-state index contributed by atoms with van der Waals surface area (Å²) < 4.78 is 4.98. The number of aliphatic hydroxyl groups is 2. The van der Waals surface area contributed by atoms with Crippen molar-refractivity contribution in [3.8, 4) is 0 Å². The van der Waals surface area contributed by atoms with E-state index in [1.165, 1.54) is 13.8 Å². The Kier molecular flexibility index (Phi) is 8.09. The predicted molar refractivity (Wildman–Crippen MR) is 85.7 cm³/mol. The summed E-state index contributed by atoms with van der Waals surface area (Å²) in [4.78, 5) is 38.3. The van der Waals surface area contributed by atoms with Gasteiger partial charge in [0, 0.05) is 6.42 Å². The number of amides is 2. The minimum Gasteiger partial charge on any atom is -0.481 e. The van der Waals surface area contributed by atoms with Crippen molar-refractivity contribution in [3.63, 3.8) is 0 Å². The van der Waals surface area contributed by atoms with Crippen LogP contribution in [0.4, 0.5) is 4.79 Å². The molecule has 12 heteroatoms. The summed E-state index contributed by atoms with van der Waals surface area (Å²) in [5.74, 6) is -1.66. The summed E-state index contributed by atoms with van der Waals surface area (Å²) in [6, 6.07) is -3.82. The average molecular weight is 373 g/mol. The largest absolute Gasteiger partial charge is 0.481 e. The van der Waals surface area contributed by atoms with Crippen molar-refractivity contribution in [2.75, 3.05) is 6.61 Å². The summed E-state index contributed by atoms with van der Waals surface area (Å²) in [6.45, 7) is 2.12. The zero-order valence-corrected chi connectivity index (χ0v) is 14.4. The number of carboxylic acid groups (broad SMARTS) is 1. The van der Waals surface area contributed by atoms with Gasteiger partial charge in [-0.1, -0.05) is 5.16 Å². The van der Waals surface area contributed by atoms with Crippen LogP contribution < -0.4 is 16.4 Å². The molecule has 0 spiro atoms. The number of carboxylic acids is 1. The number of ketones is 1. The van der Waals surface area contributed by atoms with Gasteiger partial charge in [0.2, 0.25) is 5.89 Å². The lowest BCUT2D eigenvalue weighted by atomic mass is 10.1. The molecule has 26 heavy (non-hydrogen) atoms. The van der Waals surface area contributed by atoms with E-state index in [-0.39, 0.29) is 24.6 Å².